The monoisotopic (exact) mass is 281 g/mol. The molecule has 0 unspecified atom stereocenters. The Labute approximate surface area is 114 Å². The molecule has 0 fully saturated rings. The number of rotatable bonds is 3. The number of amides is 1. The second kappa shape index (κ2) is 5.54. The highest BCUT2D eigenvalue weighted by Crippen LogP contribution is 2.17. The van der Waals surface area contributed by atoms with Crippen LogP contribution in [0, 0.1) is 5.82 Å². The van der Waals surface area contributed by atoms with Crippen molar-refractivity contribution in [3.05, 3.63) is 52.0 Å². The fourth-order valence-corrected chi connectivity index (χ4v) is 2.55. The molecule has 2 nitrogen and oxygen atoms in total. The van der Waals surface area contributed by atoms with Crippen molar-refractivity contribution in [2.75, 3.05) is 7.05 Å². The summed E-state index contributed by atoms with van der Waals surface area (Å²) in [7, 11) is 1.73. The Bertz CT molecular complexity index is 554. The van der Waals surface area contributed by atoms with Crippen LogP contribution in [0.15, 0.2) is 40.6 Å². The van der Waals surface area contributed by atoms with Crippen LogP contribution in [0.3, 0.4) is 0 Å². The van der Waals surface area contributed by atoms with Gasteiger partial charge in [0, 0.05) is 22.4 Å². The first-order valence-corrected chi connectivity index (χ1v) is 6.67. The fourth-order valence-electron chi connectivity index (χ4n) is 1.57. The Kier molecular flexibility index (Phi) is 4.04. The molecule has 0 aliphatic heterocycles. The topological polar surface area (TPSA) is 20.3 Å². The summed E-state index contributed by atoms with van der Waals surface area (Å²) in [5.74, 6) is -0.561. The van der Waals surface area contributed by atoms with Crippen molar-refractivity contribution in [3.8, 4) is 0 Å². The minimum atomic E-state index is -0.421. The van der Waals surface area contributed by atoms with E-state index in [2.05, 4.69) is 12.6 Å². The number of carbonyl (C=O) groups excluding carboxylic acids is 1. The van der Waals surface area contributed by atoms with Crippen LogP contribution in [0.2, 0.25) is 0 Å². The molecule has 1 aromatic carbocycles. The zero-order valence-corrected chi connectivity index (χ0v) is 11.5. The van der Waals surface area contributed by atoms with E-state index in [4.69, 9.17) is 0 Å². The van der Waals surface area contributed by atoms with E-state index in [-0.39, 0.29) is 10.8 Å². The van der Waals surface area contributed by atoms with Crippen LogP contribution in [0.1, 0.15) is 15.2 Å². The Hall–Kier alpha value is -1.33. The van der Waals surface area contributed by atoms with Crippen molar-refractivity contribution in [1.29, 1.82) is 0 Å². The summed E-state index contributed by atoms with van der Waals surface area (Å²) in [5.41, 5.74) is 0.445. The SMILES string of the molecule is CN(Cc1cccs1)C(=O)c1ccc(F)c(S)c1. The molecule has 1 heterocycles. The third-order valence-electron chi connectivity index (χ3n) is 2.51. The normalized spacial score (nSPS) is 10.4. The van der Waals surface area contributed by atoms with Gasteiger partial charge in [-0.15, -0.1) is 24.0 Å². The van der Waals surface area contributed by atoms with Gasteiger partial charge >= 0.3 is 0 Å². The van der Waals surface area contributed by atoms with Crippen molar-refractivity contribution in [1.82, 2.24) is 4.90 Å². The van der Waals surface area contributed by atoms with Gasteiger partial charge in [-0.1, -0.05) is 6.07 Å². The van der Waals surface area contributed by atoms with E-state index in [9.17, 15) is 9.18 Å². The van der Waals surface area contributed by atoms with E-state index < -0.39 is 5.82 Å². The summed E-state index contributed by atoms with van der Waals surface area (Å²) in [4.78, 5) is 15.0. The molecule has 0 spiro atoms. The largest absolute Gasteiger partial charge is 0.337 e. The lowest BCUT2D eigenvalue weighted by Gasteiger charge is -2.16. The van der Waals surface area contributed by atoms with Gasteiger partial charge in [0.15, 0.2) is 0 Å². The van der Waals surface area contributed by atoms with Gasteiger partial charge in [0.25, 0.3) is 5.91 Å². The molecular formula is C13H12FNOS2. The highest BCUT2D eigenvalue weighted by atomic mass is 32.1. The standard InChI is InChI=1S/C13H12FNOS2/c1-15(8-10-3-2-6-18-10)13(16)9-4-5-11(14)12(17)7-9/h2-7,17H,8H2,1H3. The van der Waals surface area contributed by atoms with Gasteiger partial charge in [-0.3, -0.25) is 4.79 Å². The third kappa shape index (κ3) is 2.91. The Balaban J connectivity index is 2.12. The second-order valence-corrected chi connectivity index (χ2v) is 5.42. The lowest BCUT2D eigenvalue weighted by Crippen LogP contribution is -2.25. The van der Waals surface area contributed by atoms with E-state index >= 15 is 0 Å². The lowest BCUT2D eigenvalue weighted by molar-refractivity contribution is 0.0786. The van der Waals surface area contributed by atoms with Crippen LogP contribution in [-0.4, -0.2) is 17.9 Å². The zero-order valence-electron chi connectivity index (χ0n) is 9.76. The maximum absolute atomic E-state index is 13.1. The van der Waals surface area contributed by atoms with Crippen LogP contribution < -0.4 is 0 Å². The Morgan fingerprint density at radius 3 is 2.83 bits per heavy atom. The molecule has 94 valence electrons. The van der Waals surface area contributed by atoms with Gasteiger partial charge < -0.3 is 4.90 Å². The number of hydrogen-bond donors (Lipinski definition) is 1. The molecular weight excluding hydrogens is 269 g/mol. The van der Waals surface area contributed by atoms with Crippen LogP contribution in [0.5, 0.6) is 0 Å². The summed E-state index contributed by atoms with van der Waals surface area (Å²) < 4.78 is 13.1. The van der Waals surface area contributed by atoms with Crippen molar-refractivity contribution < 1.29 is 9.18 Å². The molecule has 0 atom stereocenters. The number of carbonyl (C=O) groups is 1. The number of benzene rings is 1. The molecule has 0 saturated heterocycles. The van der Waals surface area contributed by atoms with E-state index in [0.29, 0.717) is 12.1 Å². The van der Waals surface area contributed by atoms with Crippen LogP contribution >= 0.6 is 24.0 Å². The fraction of sp³-hybridized carbons (Fsp3) is 0.154. The maximum Gasteiger partial charge on any atom is 0.253 e. The van der Waals surface area contributed by atoms with Gasteiger partial charge in [-0.25, -0.2) is 4.39 Å². The predicted molar refractivity (Wildman–Crippen MR) is 73.8 cm³/mol. The maximum atomic E-state index is 13.1. The smallest absolute Gasteiger partial charge is 0.253 e. The summed E-state index contributed by atoms with van der Waals surface area (Å²) >= 11 is 5.58. The van der Waals surface area contributed by atoms with Crippen LogP contribution in [-0.2, 0) is 6.54 Å². The van der Waals surface area contributed by atoms with Gasteiger partial charge in [0.2, 0.25) is 0 Å². The molecule has 2 aromatic rings. The van der Waals surface area contributed by atoms with Gasteiger partial charge in [-0.05, 0) is 29.6 Å². The molecule has 0 N–H and O–H groups in total. The minimum Gasteiger partial charge on any atom is -0.337 e. The number of nitrogens with zero attached hydrogens (tertiary/aromatic N) is 1. The number of halogens is 1. The molecule has 0 radical (unpaired) electrons. The quantitative estimate of drug-likeness (QED) is 0.854. The summed E-state index contributed by atoms with van der Waals surface area (Å²) in [6.07, 6.45) is 0. The van der Waals surface area contributed by atoms with Crippen molar-refractivity contribution in [2.45, 2.75) is 11.4 Å². The summed E-state index contributed by atoms with van der Waals surface area (Å²) in [6.45, 7) is 0.551. The average molecular weight is 281 g/mol. The van der Waals surface area contributed by atoms with Crippen molar-refractivity contribution in [2.24, 2.45) is 0 Å². The predicted octanol–water partition coefficient (Wildman–Crippen LogP) is 3.45. The first-order valence-electron chi connectivity index (χ1n) is 5.34. The lowest BCUT2D eigenvalue weighted by atomic mass is 10.2. The molecule has 5 heteroatoms. The van der Waals surface area contributed by atoms with E-state index in [1.54, 1.807) is 23.3 Å². The number of thiol groups is 1. The highest BCUT2D eigenvalue weighted by Gasteiger charge is 2.13. The van der Waals surface area contributed by atoms with Gasteiger partial charge in [0.05, 0.1) is 6.54 Å². The highest BCUT2D eigenvalue weighted by molar-refractivity contribution is 7.80. The van der Waals surface area contributed by atoms with E-state index in [1.807, 2.05) is 17.5 Å². The average Bonchev–Trinajstić information content (AvgIpc) is 2.84. The Morgan fingerprint density at radius 2 is 2.22 bits per heavy atom. The van der Waals surface area contributed by atoms with Crippen molar-refractivity contribution in [3.63, 3.8) is 0 Å². The Morgan fingerprint density at radius 1 is 1.44 bits per heavy atom. The second-order valence-electron chi connectivity index (χ2n) is 3.91. The first kappa shape index (κ1) is 13.1. The first-order chi connectivity index (χ1) is 8.58. The van der Waals surface area contributed by atoms with Crippen LogP contribution in [0.4, 0.5) is 4.39 Å². The molecule has 0 aliphatic rings. The summed E-state index contributed by atoms with van der Waals surface area (Å²) in [6, 6.07) is 8.10. The van der Waals surface area contributed by atoms with Crippen molar-refractivity contribution >= 4 is 29.9 Å². The molecule has 18 heavy (non-hydrogen) atoms. The molecule has 0 bridgehead atoms. The molecule has 0 aliphatic carbocycles. The zero-order chi connectivity index (χ0) is 13.1. The molecule has 1 amide bonds. The van der Waals surface area contributed by atoms with E-state index in [0.717, 1.165) is 4.88 Å². The summed E-state index contributed by atoms with van der Waals surface area (Å²) in [5, 5.41) is 1.97. The number of hydrogen-bond acceptors (Lipinski definition) is 3. The molecule has 2 rings (SSSR count). The van der Waals surface area contributed by atoms with E-state index in [1.165, 1.54) is 18.2 Å². The third-order valence-corrected chi connectivity index (χ3v) is 3.72. The molecule has 1 aromatic heterocycles. The molecule has 0 saturated carbocycles. The van der Waals surface area contributed by atoms with Gasteiger partial charge in [-0.2, -0.15) is 0 Å². The van der Waals surface area contributed by atoms with Gasteiger partial charge in [0.1, 0.15) is 5.82 Å². The number of thiophene rings is 1. The van der Waals surface area contributed by atoms with Crippen LogP contribution in [0.25, 0.3) is 0 Å². The minimum absolute atomic E-state index is 0.140.